The highest BCUT2D eigenvalue weighted by Crippen LogP contribution is 2.52. The molecule has 1 rings (SSSR count). The molecule has 0 fully saturated rings. The first kappa shape index (κ1) is 12.2. The number of hydrogen-bond donors (Lipinski definition) is 1. The van der Waals surface area contributed by atoms with E-state index in [0.717, 1.165) is 6.20 Å². The van der Waals surface area contributed by atoms with E-state index in [1.807, 2.05) is 0 Å². The van der Waals surface area contributed by atoms with Crippen molar-refractivity contribution < 1.29 is 26.3 Å². The first-order valence-electron chi connectivity index (χ1n) is 3.43. The van der Waals surface area contributed by atoms with Gasteiger partial charge in [-0.1, -0.05) is 0 Å². The number of H-pyrrole nitrogens is 1. The van der Waals surface area contributed by atoms with Crippen molar-refractivity contribution in [3.05, 3.63) is 18.0 Å². The van der Waals surface area contributed by atoms with E-state index in [4.69, 9.17) is 0 Å². The number of aromatic nitrogens is 2. The lowest BCUT2D eigenvalue weighted by Crippen LogP contribution is -2.49. The summed E-state index contributed by atoms with van der Waals surface area (Å²) in [7, 11) is 0. The van der Waals surface area contributed by atoms with Crippen LogP contribution in [0, 0.1) is 0 Å². The van der Waals surface area contributed by atoms with Crippen LogP contribution in [0.4, 0.5) is 26.3 Å². The molecule has 0 saturated heterocycles. The molecule has 0 bridgehead atoms. The van der Waals surface area contributed by atoms with Crippen molar-refractivity contribution in [2.24, 2.45) is 0 Å². The van der Waals surface area contributed by atoms with Crippen LogP contribution in [0.25, 0.3) is 0 Å². The number of rotatable bonds is 3. The minimum atomic E-state index is -5.71. The second-order valence-corrected chi connectivity index (χ2v) is 3.09. The quantitative estimate of drug-likeness (QED) is 0.650. The van der Waals surface area contributed by atoms with Crippen LogP contribution in [0.5, 0.6) is 0 Å². The normalized spacial score (nSPS) is 14.3. The van der Waals surface area contributed by atoms with Gasteiger partial charge in [0.25, 0.3) is 0 Å². The Morgan fingerprint density at radius 3 is 2.00 bits per heavy atom. The van der Waals surface area contributed by atoms with Gasteiger partial charge in [0.05, 0.1) is 0 Å². The predicted molar refractivity (Wildman–Crippen MR) is 38.2 cm³/mol. The van der Waals surface area contributed by atoms with Crippen LogP contribution >= 0.6 is 11.6 Å². The lowest BCUT2D eigenvalue weighted by Gasteiger charge is -2.28. The third kappa shape index (κ3) is 1.77. The molecule has 15 heavy (non-hydrogen) atoms. The van der Waals surface area contributed by atoms with Crippen molar-refractivity contribution in [3.63, 3.8) is 0 Å². The highest BCUT2D eigenvalue weighted by atomic mass is 35.5. The van der Waals surface area contributed by atoms with Gasteiger partial charge in [0, 0.05) is 6.20 Å². The summed E-state index contributed by atoms with van der Waals surface area (Å²) < 4.78 is 75.1. The average Bonchev–Trinajstić information content (AvgIpc) is 2.53. The maximum absolute atomic E-state index is 12.9. The van der Waals surface area contributed by atoms with Crippen LogP contribution in [-0.4, -0.2) is 21.5 Å². The zero-order valence-electron chi connectivity index (χ0n) is 6.75. The second-order valence-electron chi connectivity index (χ2n) is 2.62. The van der Waals surface area contributed by atoms with Gasteiger partial charge in [-0.05, 0) is 17.7 Å². The fraction of sp³-hybridized carbons (Fsp3) is 0.500. The highest BCUT2D eigenvalue weighted by molar-refractivity contribution is 6.22. The minimum absolute atomic E-state index is 0.455. The molecule has 0 amide bonds. The number of aromatic amines is 1. The van der Waals surface area contributed by atoms with E-state index >= 15 is 0 Å². The molecule has 0 aliphatic carbocycles. The molecule has 0 radical (unpaired) electrons. The van der Waals surface area contributed by atoms with Gasteiger partial charge in [-0.2, -0.15) is 31.4 Å². The summed E-state index contributed by atoms with van der Waals surface area (Å²) >= 11 is 3.93. The van der Waals surface area contributed by atoms with Crippen molar-refractivity contribution in [1.29, 1.82) is 0 Å². The maximum Gasteiger partial charge on any atom is 0.392 e. The van der Waals surface area contributed by atoms with Crippen molar-refractivity contribution in [1.82, 2.24) is 10.2 Å². The van der Waals surface area contributed by atoms with Gasteiger partial charge < -0.3 is 0 Å². The van der Waals surface area contributed by atoms with Crippen LogP contribution in [0.1, 0.15) is 5.69 Å². The highest BCUT2D eigenvalue weighted by Gasteiger charge is 2.72. The number of alkyl halides is 7. The van der Waals surface area contributed by atoms with Crippen LogP contribution in [-0.2, 0) is 5.92 Å². The molecule has 0 aliphatic heterocycles. The van der Waals surface area contributed by atoms with Gasteiger partial charge in [-0.3, -0.25) is 5.10 Å². The van der Waals surface area contributed by atoms with Crippen LogP contribution in [0.3, 0.4) is 0 Å². The Balaban J connectivity index is 3.17. The van der Waals surface area contributed by atoms with Gasteiger partial charge in [0.1, 0.15) is 5.69 Å². The van der Waals surface area contributed by atoms with Gasteiger partial charge in [-0.25, -0.2) is 0 Å². The zero-order valence-corrected chi connectivity index (χ0v) is 7.50. The Labute approximate surface area is 84.2 Å². The Bertz CT molecular complexity index is 330. The molecule has 0 atom stereocenters. The molecule has 0 spiro atoms. The number of nitrogens with zero attached hydrogens (tertiary/aromatic N) is 1. The van der Waals surface area contributed by atoms with Crippen LogP contribution in [0.15, 0.2) is 12.3 Å². The molecule has 86 valence electrons. The third-order valence-electron chi connectivity index (χ3n) is 1.59. The number of hydrogen-bond acceptors (Lipinski definition) is 1. The predicted octanol–water partition coefficient (Wildman–Crippen LogP) is 2.97. The summed E-state index contributed by atoms with van der Waals surface area (Å²) in [5, 5.41) is -0.918. The molecule has 2 nitrogen and oxygen atoms in total. The van der Waals surface area contributed by atoms with Gasteiger partial charge in [0.2, 0.25) is 0 Å². The number of nitrogens with one attached hydrogen (secondary N) is 1. The zero-order chi connectivity index (χ0) is 11.9. The molecule has 1 aromatic rings. The Hall–Kier alpha value is -0.920. The first-order chi connectivity index (χ1) is 6.61. The van der Waals surface area contributed by atoms with Gasteiger partial charge in [0.15, 0.2) is 0 Å². The fourth-order valence-corrected chi connectivity index (χ4v) is 0.897. The van der Waals surface area contributed by atoms with Crippen LogP contribution in [0.2, 0.25) is 0 Å². The summed E-state index contributed by atoms with van der Waals surface area (Å²) in [6.07, 6.45) is 0.728. The van der Waals surface area contributed by atoms with Gasteiger partial charge in [-0.15, -0.1) is 0 Å². The molecule has 0 aromatic carbocycles. The average molecular weight is 253 g/mol. The summed E-state index contributed by atoms with van der Waals surface area (Å²) in [4.78, 5) is 0. The van der Waals surface area contributed by atoms with E-state index in [0.29, 0.717) is 6.07 Å². The SMILES string of the molecule is FC(F)(Cl)C(F)(F)C(F)(F)c1ccn[nH]1. The van der Waals surface area contributed by atoms with E-state index in [-0.39, 0.29) is 0 Å². The lowest BCUT2D eigenvalue weighted by atomic mass is 10.1. The second kappa shape index (κ2) is 3.29. The topological polar surface area (TPSA) is 28.7 Å². The van der Waals surface area contributed by atoms with E-state index < -0.39 is 22.9 Å². The maximum atomic E-state index is 12.9. The minimum Gasteiger partial charge on any atom is -0.276 e. The molecule has 1 N–H and O–H groups in total. The Morgan fingerprint density at radius 1 is 1.13 bits per heavy atom. The largest absolute Gasteiger partial charge is 0.392 e. The van der Waals surface area contributed by atoms with E-state index in [2.05, 4.69) is 16.7 Å². The van der Waals surface area contributed by atoms with Crippen molar-refractivity contribution in [3.8, 4) is 0 Å². The van der Waals surface area contributed by atoms with Gasteiger partial charge >= 0.3 is 17.2 Å². The summed E-state index contributed by atoms with van der Waals surface area (Å²) in [5.41, 5.74) is -1.44. The van der Waals surface area contributed by atoms with Crippen molar-refractivity contribution in [2.45, 2.75) is 17.2 Å². The fourth-order valence-electron chi connectivity index (χ4n) is 0.778. The van der Waals surface area contributed by atoms with Crippen molar-refractivity contribution in [2.75, 3.05) is 0 Å². The molecule has 9 heteroatoms. The third-order valence-corrected chi connectivity index (χ3v) is 1.83. The first-order valence-corrected chi connectivity index (χ1v) is 3.80. The van der Waals surface area contributed by atoms with Crippen molar-refractivity contribution >= 4 is 11.6 Å². The Morgan fingerprint density at radius 2 is 1.67 bits per heavy atom. The monoisotopic (exact) mass is 252 g/mol. The molecule has 0 unspecified atom stereocenters. The lowest BCUT2D eigenvalue weighted by molar-refractivity contribution is -0.287. The molecule has 1 aromatic heterocycles. The number of halogens is 7. The molecule has 0 saturated carbocycles. The van der Waals surface area contributed by atoms with E-state index in [1.54, 1.807) is 0 Å². The van der Waals surface area contributed by atoms with Crippen LogP contribution < -0.4 is 0 Å². The molecular weight excluding hydrogens is 250 g/mol. The summed E-state index contributed by atoms with van der Waals surface area (Å²) in [6.45, 7) is 0. The summed E-state index contributed by atoms with van der Waals surface area (Å²) in [5.74, 6) is -10.8. The molecule has 0 aliphatic rings. The summed E-state index contributed by atoms with van der Waals surface area (Å²) in [6, 6.07) is 0.455. The molecule has 1 heterocycles. The smallest absolute Gasteiger partial charge is 0.276 e. The van der Waals surface area contributed by atoms with E-state index in [9.17, 15) is 26.3 Å². The van der Waals surface area contributed by atoms with E-state index in [1.165, 1.54) is 5.10 Å². The standard InChI is InChI=1S/C6H3ClF6N2/c7-6(12,13)5(10,11)4(8,9)3-1-2-14-15-3/h1-2H,(H,14,15). The molecular formula is C6H3ClF6N2. The Kier molecular flexibility index (Phi) is 2.67.